The molecule has 158 valence electrons. The van der Waals surface area contributed by atoms with Crippen molar-refractivity contribution in [3.05, 3.63) is 64.1 Å². The number of pyridine rings is 1. The molecule has 1 saturated carbocycles. The first-order valence-electron chi connectivity index (χ1n) is 11.3. The van der Waals surface area contributed by atoms with Crippen LogP contribution in [0.1, 0.15) is 73.4 Å². The molecule has 1 aromatic heterocycles. The molecule has 0 radical (unpaired) electrons. The predicted octanol–water partition coefficient (Wildman–Crippen LogP) is 7.39. The largest absolute Gasteiger partial charge is 0.220 e. The van der Waals surface area contributed by atoms with Crippen LogP contribution in [0, 0.1) is 38.9 Å². The third kappa shape index (κ3) is 3.55. The normalized spacial score (nSPS) is 16.9. The molecule has 0 N–H and O–H groups in total. The lowest BCUT2D eigenvalue weighted by molar-refractivity contribution is -0.665. The molecule has 1 aliphatic rings. The van der Waals surface area contributed by atoms with E-state index in [-0.39, 0.29) is 5.82 Å². The van der Waals surface area contributed by atoms with Gasteiger partial charge in [0.15, 0.2) is 5.69 Å². The SMILES string of the molecule is Cc1cc(-c2c3ccc(C4CCC(C)(C)CC4)cc3cc(C)[n+]2C)c(C)c(C)c1F. The van der Waals surface area contributed by atoms with E-state index in [4.69, 9.17) is 0 Å². The number of aromatic nitrogens is 1. The van der Waals surface area contributed by atoms with Crippen molar-refractivity contribution in [2.45, 2.75) is 73.1 Å². The van der Waals surface area contributed by atoms with Crippen LogP contribution in [-0.2, 0) is 7.05 Å². The summed E-state index contributed by atoms with van der Waals surface area (Å²) in [5, 5.41) is 2.54. The van der Waals surface area contributed by atoms with Crippen molar-refractivity contribution >= 4 is 10.8 Å². The number of nitrogens with zero attached hydrogens (tertiary/aromatic N) is 1. The van der Waals surface area contributed by atoms with Gasteiger partial charge in [0.2, 0.25) is 5.69 Å². The molecule has 2 aromatic carbocycles. The Morgan fingerprint density at radius 1 is 0.933 bits per heavy atom. The third-order valence-electron chi connectivity index (χ3n) is 7.63. The zero-order chi connectivity index (χ0) is 21.8. The van der Waals surface area contributed by atoms with Gasteiger partial charge in [-0.3, -0.25) is 0 Å². The van der Waals surface area contributed by atoms with Crippen molar-refractivity contribution in [3.63, 3.8) is 0 Å². The lowest BCUT2D eigenvalue weighted by Crippen LogP contribution is -2.35. The van der Waals surface area contributed by atoms with Crippen LogP contribution in [0.3, 0.4) is 0 Å². The number of aryl methyl sites for hydroxylation is 2. The third-order valence-corrected chi connectivity index (χ3v) is 7.63. The van der Waals surface area contributed by atoms with Crippen molar-refractivity contribution < 1.29 is 8.96 Å². The average Bonchev–Trinajstić information content (AvgIpc) is 2.70. The van der Waals surface area contributed by atoms with Crippen LogP contribution in [0.4, 0.5) is 4.39 Å². The van der Waals surface area contributed by atoms with Gasteiger partial charge in [-0.1, -0.05) is 26.0 Å². The molecule has 0 saturated heterocycles. The molecule has 0 aliphatic heterocycles. The van der Waals surface area contributed by atoms with Crippen LogP contribution >= 0.6 is 0 Å². The fourth-order valence-corrected chi connectivity index (χ4v) is 5.20. The molecule has 0 amide bonds. The van der Waals surface area contributed by atoms with Crippen molar-refractivity contribution in [1.82, 2.24) is 0 Å². The Morgan fingerprint density at radius 2 is 1.60 bits per heavy atom. The van der Waals surface area contributed by atoms with Crippen molar-refractivity contribution in [3.8, 4) is 11.3 Å². The molecule has 4 rings (SSSR count). The lowest BCUT2D eigenvalue weighted by atomic mass is 9.71. The minimum Gasteiger partial charge on any atom is -0.206 e. The molecule has 0 bridgehead atoms. The molecule has 1 fully saturated rings. The smallest absolute Gasteiger partial charge is 0.206 e. The fourth-order valence-electron chi connectivity index (χ4n) is 5.20. The van der Waals surface area contributed by atoms with Gasteiger partial charge in [0.25, 0.3) is 0 Å². The highest BCUT2D eigenvalue weighted by molar-refractivity contribution is 5.94. The maximum absolute atomic E-state index is 14.5. The highest BCUT2D eigenvalue weighted by Crippen LogP contribution is 2.43. The van der Waals surface area contributed by atoms with Crippen LogP contribution in [-0.4, -0.2) is 0 Å². The van der Waals surface area contributed by atoms with Gasteiger partial charge in [0.1, 0.15) is 12.9 Å². The van der Waals surface area contributed by atoms with Crippen LogP contribution in [0.2, 0.25) is 0 Å². The van der Waals surface area contributed by atoms with E-state index in [1.807, 2.05) is 26.8 Å². The fraction of sp³-hybridized carbons (Fsp3) is 0.464. The van der Waals surface area contributed by atoms with Gasteiger partial charge < -0.3 is 0 Å². The summed E-state index contributed by atoms with van der Waals surface area (Å²) in [7, 11) is 2.12. The first kappa shape index (κ1) is 21.0. The van der Waals surface area contributed by atoms with Crippen molar-refractivity contribution in [2.24, 2.45) is 12.5 Å². The quantitative estimate of drug-likeness (QED) is 0.392. The Labute approximate surface area is 181 Å². The van der Waals surface area contributed by atoms with Gasteiger partial charge in [-0.25, -0.2) is 4.39 Å². The monoisotopic (exact) mass is 404 g/mol. The molecule has 1 aliphatic carbocycles. The molecular formula is C28H35FN+. The maximum Gasteiger partial charge on any atom is 0.220 e. The molecule has 2 heteroatoms. The molecular weight excluding hydrogens is 369 g/mol. The summed E-state index contributed by atoms with van der Waals surface area (Å²) >= 11 is 0. The van der Waals surface area contributed by atoms with E-state index in [1.165, 1.54) is 53.4 Å². The zero-order valence-electron chi connectivity index (χ0n) is 19.6. The second-order valence-corrected chi connectivity index (χ2v) is 10.3. The number of hydrogen-bond acceptors (Lipinski definition) is 0. The molecule has 1 heterocycles. The van der Waals surface area contributed by atoms with Gasteiger partial charge in [-0.05, 0) is 97.6 Å². The van der Waals surface area contributed by atoms with E-state index >= 15 is 0 Å². The Kier molecular flexibility index (Phi) is 5.24. The number of rotatable bonds is 2. The van der Waals surface area contributed by atoms with Crippen LogP contribution < -0.4 is 4.57 Å². The molecule has 1 nitrogen and oxygen atoms in total. The second-order valence-electron chi connectivity index (χ2n) is 10.3. The Bertz CT molecular complexity index is 1130. The summed E-state index contributed by atoms with van der Waals surface area (Å²) in [6, 6.07) is 11.4. The van der Waals surface area contributed by atoms with Gasteiger partial charge in [0.05, 0.1) is 10.9 Å². The topological polar surface area (TPSA) is 3.88 Å². The average molecular weight is 405 g/mol. The molecule has 0 spiro atoms. The predicted molar refractivity (Wildman–Crippen MR) is 124 cm³/mol. The summed E-state index contributed by atoms with van der Waals surface area (Å²) in [4.78, 5) is 0. The Hall–Kier alpha value is -2.22. The lowest BCUT2D eigenvalue weighted by Gasteiger charge is -2.34. The number of fused-ring (bicyclic) bond motifs is 1. The Balaban J connectivity index is 1.87. The summed E-state index contributed by atoms with van der Waals surface area (Å²) in [5.41, 5.74) is 7.99. The summed E-state index contributed by atoms with van der Waals surface area (Å²) < 4.78 is 16.7. The summed E-state index contributed by atoms with van der Waals surface area (Å²) in [5.74, 6) is 0.579. The van der Waals surface area contributed by atoms with Crippen LogP contribution in [0.15, 0.2) is 30.3 Å². The van der Waals surface area contributed by atoms with Gasteiger partial charge in [-0.15, -0.1) is 0 Å². The number of hydrogen-bond donors (Lipinski definition) is 0. The molecule has 3 aromatic rings. The Morgan fingerprint density at radius 3 is 2.27 bits per heavy atom. The minimum atomic E-state index is -0.0848. The van der Waals surface area contributed by atoms with Crippen molar-refractivity contribution in [1.29, 1.82) is 0 Å². The summed E-state index contributed by atoms with van der Waals surface area (Å²) in [6.45, 7) is 12.8. The highest BCUT2D eigenvalue weighted by atomic mass is 19.1. The van der Waals surface area contributed by atoms with E-state index in [9.17, 15) is 4.39 Å². The first-order valence-corrected chi connectivity index (χ1v) is 11.3. The molecule has 0 atom stereocenters. The maximum atomic E-state index is 14.5. The van der Waals surface area contributed by atoms with E-state index in [2.05, 4.69) is 56.7 Å². The van der Waals surface area contributed by atoms with Gasteiger partial charge in [0, 0.05) is 13.0 Å². The van der Waals surface area contributed by atoms with E-state index in [0.717, 1.165) is 16.7 Å². The summed E-state index contributed by atoms with van der Waals surface area (Å²) in [6.07, 6.45) is 5.16. The first-order chi connectivity index (χ1) is 14.1. The second kappa shape index (κ2) is 7.48. The van der Waals surface area contributed by atoms with Gasteiger partial charge >= 0.3 is 0 Å². The van der Waals surface area contributed by atoms with Crippen LogP contribution in [0.25, 0.3) is 22.0 Å². The number of halogens is 1. The van der Waals surface area contributed by atoms with E-state index in [1.54, 1.807) is 0 Å². The van der Waals surface area contributed by atoms with Crippen LogP contribution in [0.5, 0.6) is 0 Å². The number of benzene rings is 2. The minimum absolute atomic E-state index is 0.0848. The van der Waals surface area contributed by atoms with E-state index < -0.39 is 0 Å². The molecule has 0 unspecified atom stereocenters. The van der Waals surface area contributed by atoms with Gasteiger partial charge in [-0.2, -0.15) is 4.57 Å². The molecule has 30 heavy (non-hydrogen) atoms. The zero-order valence-corrected chi connectivity index (χ0v) is 19.6. The van der Waals surface area contributed by atoms with E-state index in [0.29, 0.717) is 16.9 Å². The van der Waals surface area contributed by atoms with Crippen molar-refractivity contribution in [2.75, 3.05) is 0 Å². The highest BCUT2D eigenvalue weighted by Gasteiger charge is 2.28. The standard InChI is InChI=1S/C28H35FN/c1-17-14-25(19(3)20(4)26(17)29)27-24-9-8-22(16-23(24)15-18(2)30(27)7)21-10-12-28(5,6)13-11-21/h8-9,14-16,21H,10-13H2,1-7H3/q+1.